The van der Waals surface area contributed by atoms with Gasteiger partial charge < -0.3 is 10.2 Å². The number of piperazine rings is 1. The first-order valence-corrected chi connectivity index (χ1v) is 7.70. The van der Waals surface area contributed by atoms with Crippen molar-refractivity contribution in [2.24, 2.45) is 5.92 Å². The molecule has 1 saturated heterocycles. The Kier molecular flexibility index (Phi) is 4.83. The number of carbonyl (C=O) groups is 2. The lowest BCUT2D eigenvalue weighted by Gasteiger charge is -2.43. The molecule has 19 heavy (non-hydrogen) atoms. The van der Waals surface area contributed by atoms with E-state index in [1.54, 1.807) is 0 Å². The van der Waals surface area contributed by atoms with Crippen molar-refractivity contribution >= 4 is 11.8 Å². The Balaban J connectivity index is 2.15. The van der Waals surface area contributed by atoms with Gasteiger partial charge in [-0.1, -0.05) is 46.0 Å². The summed E-state index contributed by atoms with van der Waals surface area (Å²) in [5, 5.41) is 2.73. The fraction of sp³-hybridized carbons (Fsp3) is 0.867. The zero-order valence-corrected chi connectivity index (χ0v) is 12.2. The third-order valence-corrected chi connectivity index (χ3v) is 4.37. The van der Waals surface area contributed by atoms with E-state index in [-0.39, 0.29) is 36.4 Å². The molecule has 0 aromatic carbocycles. The normalized spacial score (nSPS) is 27.1. The molecule has 2 fully saturated rings. The molecule has 2 amide bonds. The van der Waals surface area contributed by atoms with Crippen molar-refractivity contribution in [1.29, 1.82) is 0 Å². The number of nitrogens with zero attached hydrogens (tertiary/aromatic N) is 1. The molecule has 1 aliphatic carbocycles. The summed E-state index contributed by atoms with van der Waals surface area (Å²) in [5.74, 6) is 0.301. The van der Waals surface area contributed by atoms with E-state index in [0.717, 1.165) is 12.8 Å². The van der Waals surface area contributed by atoms with E-state index in [1.165, 1.54) is 32.1 Å². The van der Waals surface area contributed by atoms with Gasteiger partial charge in [0.05, 0.1) is 6.54 Å². The standard InChI is InChI=1S/C15H26N2O2/c1-11(2)14-15(19)16-10-13(18)17(14)12-8-6-4-3-5-7-9-12/h11-12,14H,3-10H2,1-2H3,(H,16,19). The van der Waals surface area contributed by atoms with Crippen molar-refractivity contribution in [2.75, 3.05) is 6.54 Å². The number of rotatable bonds is 2. The fourth-order valence-corrected chi connectivity index (χ4v) is 3.41. The lowest BCUT2D eigenvalue weighted by Crippen LogP contribution is -2.63. The molecule has 4 nitrogen and oxygen atoms in total. The molecule has 2 rings (SSSR count). The Hall–Kier alpha value is -1.06. The van der Waals surface area contributed by atoms with Crippen LogP contribution in [0, 0.1) is 5.92 Å². The van der Waals surface area contributed by atoms with Crippen LogP contribution in [0.4, 0.5) is 0 Å². The minimum atomic E-state index is -0.273. The molecule has 4 heteroatoms. The Bertz CT molecular complexity index is 333. The summed E-state index contributed by atoms with van der Waals surface area (Å²) in [6.07, 6.45) is 8.31. The van der Waals surface area contributed by atoms with Crippen LogP contribution in [-0.2, 0) is 9.59 Å². The molecule has 1 unspecified atom stereocenters. The zero-order valence-electron chi connectivity index (χ0n) is 12.2. The Morgan fingerprint density at radius 1 is 1.05 bits per heavy atom. The predicted molar refractivity (Wildman–Crippen MR) is 74.6 cm³/mol. The van der Waals surface area contributed by atoms with Crippen molar-refractivity contribution in [3.8, 4) is 0 Å². The highest BCUT2D eigenvalue weighted by Crippen LogP contribution is 2.26. The first-order chi connectivity index (χ1) is 9.11. The van der Waals surface area contributed by atoms with Crippen LogP contribution in [0.5, 0.6) is 0 Å². The number of hydrogen-bond acceptors (Lipinski definition) is 2. The quantitative estimate of drug-likeness (QED) is 0.832. The minimum absolute atomic E-state index is 0.0247. The van der Waals surface area contributed by atoms with Crippen LogP contribution in [0.3, 0.4) is 0 Å². The van der Waals surface area contributed by atoms with E-state index in [4.69, 9.17) is 0 Å². The van der Waals surface area contributed by atoms with Crippen LogP contribution in [0.2, 0.25) is 0 Å². The van der Waals surface area contributed by atoms with Gasteiger partial charge in [-0.15, -0.1) is 0 Å². The number of amides is 2. The summed E-state index contributed by atoms with van der Waals surface area (Å²) in [4.78, 5) is 26.3. The van der Waals surface area contributed by atoms with E-state index in [0.29, 0.717) is 0 Å². The molecule has 108 valence electrons. The second kappa shape index (κ2) is 6.40. The van der Waals surface area contributed by atoms with E-state index in [2.05, 4.69) is 5.32 Å². The molecule has 1 heterocycles. The zero-order chi connectivity index (χ0) is 13.8. The molecule has 1 atom stereocenters. The monoisotopic (exact) mass is 266 g/mol. The second-order valence-electron chi connectivity index (χ2n) is 6.21. The largest absolute Gasteiger partial charge is 0.345 e. The van der Waals surface area contributed by atoms with Gasteiger partial charge in [0.25, 0.3) is 0 Å². The SMILES string of the molecule is CC(C)C1C(=O)NCC(=O)N1C1CCCCCCC1. The van der Waals surface area contributed by atoms with Crippen molar-refractivity contribution in [2.45, 2.75) is 70.9 Å². The van der Waals surface area contributed by atoms with Crippen LogP contribution in [0.1, 0.15) is 58.8 Å². The summed E-state index contributed by atoms with van der Waals surface area (Å²) < 4.78 is 0. The van der Waals surface area contributed by atoms with Crippen molar-refractivity contribution < 1.29 is 9.59 Å². The van der Waals surface area contributed by atoms with Gasteiger partial charge in [0.1, 0.15) is 6.04 Å². The van der Waals surface area contributed by atoms with Gasteiger partial charge in [-0.3, -0.25) is 9.59 Å². The first-order valence-electron chi connectivity index (χ1n) is 7.70. The minimum Gasteiger partial charge on any atom is -0.345 e. The van der Waals surface area contributed by atoms with Gasteiger partial charge in [0.2, 0.25) is 11.8 Å². The second-order valence-corrected chi connectivity index (χ2v) is 6.21. The molecule has 1 saturated carbocycles. The maximum absolute atomic E-state index is 12.3. The van der Waals surface area contributed by atoms with Crippen LogP contribution in [-0.4, -0.2) is 35.3 Å². The molecular weight excluding hydrogens is 240 g/mol. The molecule has 1 aliphatic heterocycles. The molecule has 2 aliphatic rings. The van der Waals surface area contributed by atoms with Gasteiger partial charge in [-0.2, -0.15) is 0 Å². The third-order valence-electron chi connectivity index (χ3n) is 4.37. The van der Waals surface area contributed by atoms with Crippen molar-refractivity contribution in [3.63, 3.8) is 0 Å². The Labute approximate surface area is 115 Å². The average Bonchev–Trinajstić information content (AvgIpc) is 2.32. The van der Waals surface area contributed by atoms with Crippen molar-refractivity contribution in [1.82, 2.24) is 10.2 Å². The summed E-state index contributed by atoms with van der Waals surface area (Å²) in [5.41, 5.74) is 0. The molecule has 1 N–H and O–H groups in total. The summed E-state index contributed by atoms with van der Waals surface area (Å²) >= 11 is 0. The fourth-order valence-electron chi connectivity index (χ4n) is 3.41. The van der Waals surface area contributed by atoms with Crippen molar-refractivity contribution in [3.05, 3.63) is 0 Å². The van der Waals surface area contributed by atoms with Gasteiger partial charge >= 0.3 is 0 Å². The molecule has 0 spiro atoms. The average molecular weight is 266 g/mol. The molecule has 0 aromatic rings. The number of nitrogens with one attached hydrogen (secondary N) is 1. The first kappa shape index (κ1) is 14.4. The lowest BCUT2D eigenvalue weighted by molar-refractivity contribution is -0.150. The molecular formula is C15H26N2O2. The van der Waals surface area contributed by atoms with Gasteiger partial charge in [-0.05, 0) is 18.8 Å². The predicted octanol–water partition coefficient (Wildman–Crippen LogP) is 2.08. The van der Waals surface area contributed by atoms with Gasteiger partial charge in [0, 0.05) is 6.04 Å². The highest BCUT2D eigenvalue weighted by Gasteiger charge is 2.40. The van der Waals surface area contributed by atoms with E-state index in [9.17, 15) is 9.59 Å². The highest BCUT2D eigenvalue weighted by molar-refractivity contribution is 5.95. The molecule has 0 aromatic heterocycles. The summed E-state index contributed by atoms with van der Waals surface area (Å²) in [6.45, 7) is 4.23. The maximum atomic E-state index is 12.3. The van der Waals surface area contributed by atoms with E-state index >= 15 is 0 Å². The van der Waals surface area contributed by atoms with Crippen LogP contribution >= 0.6 is 0 Å². The van der Waals surface area contributed by atoms with E-state index < -0.39 is 0 Å². The van der Waals surface area contributed by atoms with Gasteiger partial charge in [0.15, 0.2) is 0 Å². The lowest BCUT2D eigenvalue weighted by atomic mass is 9.91. The number of carbonyl (C=O) groups excluding carboxylic acids is 2. The van der Waals surface area contributed by atoms with E-state index in [1.807, 2.05) is 18.7 Å². The summed E-state index contributed by atoms with van der Waals surface area (Å²) in [6, 6.07) is -0.00285. The van der Waals surface area contributed by atoms with Crippen LogP contribution < -0.4 is 5.32 Å². The van der Waals surface area contributed by atoms with Crippen LogP contribution in [0.25, 0.3) is 0 Å². The summed E-state index contributed by atoms with van der Waals surface area (Å²) in [7, 11) is 0. The van der Waals surface area contributed by atoms with Gasteiger partial charge in [-0.25, -0.2) is 0 Å². The smallest absolute Gasteiger partial charge is 0.243 e. The highest BCUT2D eigenvalue weighted by atomic mass is 16.2. The number of hydrogen-bond donors (Lipinski definition) is 1. The third kappa shape index (κ3) is 3.28. The molecule has 0 radical (unpaired) electrons. The van der Waals surface area contributed by atoms with Crippen LogP contribution in [0.15, 0.2) is 0 Å². The maximum Gasteiger partial charge on any atom is 0.243 e. The Morgan fingerprint density at radius 2 is 1.63 bits per heavy atom. The Morgan fingerprint density at radius 3 is 2.21 bits per heavy atom. The molecule has 0 bridgehead atoms. The topological polar surface area (TPSA) is 49.4 Å².